The molecular weight excluding hydrogens is 299 g/mol. The summed E-state index contributed by atoms with van der Waals surface area (Å²) in [6.07, 6.45) is -2.83. The van der Waals surface area contributed by atoms with E-state index < -0.39 is 12.1 Å². The van der Waals surface area contributed by atoms with E-state index in [1.165, 1.54) is 6.39 Å². The minimum atomic E-state index is -4.13. The van der Waals surface area contributed by atoms with Gasteiger partial charge in [0.15, 0.2) is 0 Å². The molecule has 0 atom stereocenters. The van der Waals surface area contributed by atoms with Crippen LogP contribution in [0.25, 0.3) is 11.6 Å². The van der Waals surface area contributed by atoms with Gasteiger partial charge < -0.3 is 9.32 Å². The molecule has 0 aromatic carbocycles. The van der Waals surface area contributed by atoms with Crippen molar-refractivity contribution in [3.05, 3.63) is 18.2 Å². The van der Waals surface area contributed by atoms with Gasteiger partial charge in [0.2, 0.25) is 12.3 Å². The van der Waals surface area contributed by atoms with Gasteiger partial charge in [-0.2, -0.15) is 13.2 Å². The summed E-state index contributed by atoms with van der Waals surface area (Å²) in [5, 5.41) is 7.38. The molecule has 0 radical (unpaired) electrons. The molecule has 1 fully saturated rings. The third kappa shape index (κ3) is 3.02. The second-order valence-electron chi connectivity index (χ2n) is 5.24. The van der Waals surface area contributed by atoms with E-state index in [1.807, 2.05) is 0 Å². The number of anilines is 1. The summed E-state index contributed by atoms with van der Waals surface area (Å²) in [7, 11) is 0. The molecule has 0 N–H and O–H groups in total. The molecule has 22 heavy (non-hydrogen) atoms. The Morgan fingerprint density at radius 2 is 1.95 bits per heavy atom. The zero-order chi connectivity index (χ0) is 15.7. The molecule has 1 aliphatic heterocycles. The Morgan fingerprint density at radius 3 is 2.55 bits per heavy atom. The summed E-state index contributed by atoms with van der Waals surface area (Å²) in [6.45, 7) is 2.33. The maximum Gasteiger partial charge on any atom is 0.391 e. The van der Waals surface area contributed by atoms with Gasteiger partial charge in [-0.15, -0.1) is 10.2 Å². The van der Waals surface area contributed by atoms with E-state index in [9.17, 15) is 13.2 Å². The lowest BCUT2D eigenvalue weighted by Gasteiger charge is -2.33. The maximum atomic E-state index is 12.7. The highest BCUT2D eigenvalue weighted by atomic mass is 19.4. The van der Waals surface area contributed by atoms with Crippen LogP contribution >= 0.6 is 0 Å². The molecule has 0 unspecified atom stereocenters. The van der Waals surface area contributed by atoms with Crippen LogP contribution in [0.2, 0.25) is 0 Å². The van der Waals surface area contributed by atoms with E-state index in [2.05, 4.69) is 20.2 Å². The molecule has 118 valence electrons. The molecule has 1 saturated heterocycles. The normalized spacial score (nSPS) is 17.0. The molecule has 0 spiro atoms. The summed E-state index contributed by atoms with van der Waals surface area (Å²) in [4.78, 5) is 10.4. The molecule has 1 aliphatic rings. The van der Waals surface area contributed by atoms with Crippen LogP contribution in [-0.4, -0.2) is 39.4 Å². The molecule has 0 saturated carbocycles. The maximum absolute atomic E-state index is 12.7. The summed E-state index contributed by atoms with van der Waals surface area (Å²) in [5.41, 5.74) is 1.16. The summed E-state index contributed by atoms with van der Waals surface area (Å²) in [5.74, 6) is -0.588. The number of nitrogens with zero attached hydrogens (tertiary/aromatic N) is 5. The quantitative estimate of drug-likeness (QED) is 0.849. The fourth-order valence-corrected chi connectivity index (χ4v) is 2.50. The van der Waals surface area contributed by atoms with Crippen molar-refractivity contribution in [3.8, 4) is 11.6 Å². The number of rotatable bonds is 2. The standard InChI is InChI=1S/C13H14F3N5O/c1-8-6-10(11-20-17-7-22-11)19-12(18-8)21-4-2-9(3-5-21)13(14,15)16/h6-7,9H,2-5H2,1H3. The first-order valence-corrected chi connectivity index (χ1v) is 6.87. The number of aromatic nitrogens is 4. The van der Waals surface area contributed by atoms with Crippen molar-refractivity contribution in [1.82, 2.24) is 20.2 Å². The molecular formula is C13H14F3N5O. The number of hydrogen-bond acceptors (Lipinski definition) is 6. The molecule has 6 nitrogen and oxygen atoms in total. The van der Waals surface area contributed by atoms with Crippen molar-refractivity contribution in [2.75, 3.05) is 18.0 Å². The third-order valence-electron chi connectivity index (χ3n) is 3.66. The van der Waals surface area contributed by atoms with Gasteiger partial charge in [-0.3, -0.25) is 0 Å². The van der Waals surface area contributed by atoms with Crippen LogP contribution in [0.4, 0.5) is 19.1 Å². The lowest BCUT2D eigenvalue weighted by Crippen LogP contribution is -2.39. The Hall–Kier alpha value is -2.19. The Bertz CT molecular complexity index is 636. The van der Waals surface area contributed by atoms with Gasteiger partial charge in [0.1, 0.15) is 5.69 Å². The zero-order valence-corrected chi connectivity index (χ0v) is 11.8. The Morgan fingerprint density at radius 1 is 1.23 bits per heavy atom. The van der Waals surface area contributed by atoms with Crippen molar-refractivity contribution in [2.45, 2.75) is 25.9 Å². The average Bonchev–Trinajstić information content (AvgIpc) is 3.00. The largest absolute Gasteiger partial charge is 0.422 e. The first kappa shape index (κ1) is 14.7. The molecule has 0 bridgehead atoms. The minimum Gasteiger partial charge on any atom is -0.422 e. The first-order valence-electron chi connectivity index (χ1n) is 6.87. The lowest BCUT2D eigenvalue weighted by atomic mass is 9.96. The molecule has 0 amide bonds. The Labute approximate surface area is 124 Å². The number of alkyl halides is 3. The highest BCUT2D eigenvalue weighted by Gasteiger charge is 2.41. The summed E-state index contributed by atoms with van der Waals surface area (Å²) in [6, 6.07) is 1.69. The van der Waals surface area contributed by atoms with Crippen molar-refractivity contribution in [1.29, 1.82) is 0 Å². The average molecular weight is 313 g/mol. The van der Waals surface area contributed by atoms with Crippen molar-refractivity contribution in [3.63, 3.8) is 0 Å². The van der Waals surface area contributed by atoms with E-state index in [-0.39, 0.29) is 31.8 Å². The van der Waals surface area contributed by atoms with Gasteiger partial charge in [-0.1, -0.05) is 0 Å². The van der Waals surface area contributed by atoms with Crippen LogP contribution in [-0.2, 0) is 0 Å². The van der Waals surface area contributed by atoms with Gasteiger partial charge in [-0.05, 0) is 25.8 Å². The highest BCUT2D eigenvalue weighted by Crippen LogP contribution is 2.35. The van der Waals surface area contributed by atoms with Crippen LogP contribution in [0, 0.1) is 12.8 Å². The van der Waals surface area contributed by atoms with Gasteiger partial charge in [0.25, 0.3) is 5.89 Å². The number of piperidine rings is 1. The molecule has 2 aromatic heterocycles. The molecule has 3 rings (SSSR count). The lowest BCUT2D eigenvalue weighted by molar-refractivity contribution is -0.179. The van der Waals surface area contributed by atoms with E-state index >= 15 is 0 Å². The van der Waals surface area contributed by atoms with Crippen LogP contribution in [0.3, 0.4) is 0 Å². The zero-order valence-electron chi connectivity index (χ0n) is 11.8. The molecule has 3 heterocycles. The van der Waals surface area contributed by atoms with Gasteiger partial charge in [0.05, 0.1) is 5.92 Å². The van der Waals surface area contributed by atoms with E-state index in [4.69, 9.17) is 4.42 Å². The van der Waals surface area contributed by atoms with E-state index in [0.29, 0.717) is 17.3 Å². The topological polar surface area (TPSA) is 67.9 Å². The number of aryl methyl sites for hydroxylation is 1. The highest BCUT2D eigenvalue weighted by molar-refractivity contribution is 5.50. The van der Waals surface area contributed by atoms with Crippen molar-refractivity contribution < 1.29 is 17.6 Å². The summed E-state index contributed by atoms with van der Waals surface area (Å²) < 4.78 is 43.2. The predicted octanol–water partition coefficient (Wildman–Crippen LogP) is 2.61. The van der Waals surface area contributed by atoms with Crippen LogP contribution in [0.15, 0.2) is 16.9 Å². The van der Waals surface area contributed by atoms with Crippen molar-refractivity contribution >= 4 is 5.95 Å². The Balaban J connectivity index is 1.79. The van der Waals surface area contributed by atoms with Crippen molar-refractivity contribution in [2.24, 2.45) is 5.92 Å². The minimum absolute atomic E-state index is 0.0523. The Kier molecular flexibility index (Phi) is 3.71. The fourth-order valence-electron chi connectivity index (χ4n) is 2.50. The monoisotopic (exact) mass is 313 g/mol. The number of halogens is 3. The van der Waals surface area contributed by atoms with E-state index in [1.54, 1.807) is 17.9 Å². The van der Waals surface area contributed by atoms with E-state index in [0.717, 1.165) is 0 Å². The second kappa shape index (κ2) is 5.54. The molecule has 9 heteroatoms. The molecule has 0 aliphatic carbocycles. The van der Waals surface area contributed by atoms with Gasteiger partial charge in [0, 0.05) is 18.8 Å². The predicted molar refractivity (Wildman–Crippen MR) is 71.1 cm³/mol. The van der Waals surface area contributed by atoms with Crippen LogP contribution < -0.4 is 4.90 Å². The third-order valence-corrected chi connectivity index (χ3v) is 3.66. The summed E-state index contributed by atoms with van der Waals surface area (Å²) >= 11 is 0. The number of hydrogen-bond donors (Lipinski definition) is 0. The first-order chi connectivity index (χ1) is 10.4. The smallest absolute Gasteiger partial charge is 0.391 e. The second-order valence-corrected chi connectivity index (χ2v) is 5.24. The van der Waals surface area contributed by atoms with Gasteiger partial charge in [-0.25, -0.2) is 9.97 Å². The SMILES string of the molecule is Cc1cc(-c2nnco2)nc(N2CCC(C(F)(F)F)CC2)n1. The van der Waals surface area contributed by atoms with Gasteiger partial charge >= 0.3 is 6.18 Å². The van der Waals surface area contributed by atoms with Crippen LogP contribution in [0.5, 0.6) is 0 Å². The fraction of sp³-hybridized carbons (Fsp3) is 0.538. The van der Waals surface area contributed by atoms with Crippen LogP contribution in [0.1, 0.15) is 18.5 Å². The molecule has 2 aromatic rings.